The number of aromatic nitrogens is 1. The molecule has 0 saturated heterocycles. The molecule has 6 nitrogen and oxygen atoms in total. The van der Waals surface area contributed by atoms with Crippen LogP contribution in [0.4, 0.5) is 5.13 Å². The molecule has 0 aliphatic heterocycles. The van der Waals surface area contributed by atoms with Crippen LogP contribution in [0.1, 0.15) is 46.0 Å². The Morgan fingerprint density at radius 1 is 1.19 bits per heavy atom. The largest absolute Gasteiger partial charge is 0.494 e. The topological polar surface area (TPSA) is 71.5 Å². The summed E-state index contributed by atoms with van der Waals surface area (Å²) < 4.78 is 6.25. The molecule has 0 spiro atoms. The zero-order chi connectivity index (χ0) is 18.9. The smallest absolute Gasteiger partial charge is 0.226 e. The summed E-state index contributed by atoms with van der Waals surface area (Å²) in [7, 11) is 1.60. The second-order valence-electron chi connectivity index (χ2n) is 6.11. The minimum atomic E-state index is -0.117. The lowest BCUT2D eigenvalue weighted by Crippen LogP contribution is -2.32. The number of methoxy groups -OCH3 is 1. The fourth-order valence-electron chi connectivity index (χ4n) is 2.78. The van der Waals surface area contributed by atoms with Crippen molar-refractivity contribution in [2.45, 2.75) is 46.0 Å². The molecule has 0 saturated carbocycles. The molecule has 142 valence electrons. The number of nitrogens with zero attached hydrogens (tertiary/aromatic N) is 2. The van der Waals surface area contributed by atoms with E-state index in [1.54, 1.807) is 7.11 Å². The van der Waals surface area contributed by atoms with E-state index in [0.717, 1.165) is 36.1 Å². The SMILES string of the molecule is CCCN(CCC)C(=O)CCCC(=O)Nc1nc2c(OC)cccc2s1. The molecule has 1 heterocycles. The minimum absolute atomic E-state index is 0.117. The lowest BCUT2D eigenvalue weighted by Gasteiger charge is -2.21. The maximum atomic E-state index is 12.2. The van der Waals surface area contributed by atoms with Gasteiger partial charge in [0.15, 0.2) is 5.13 Å². The predicted molar refractivity (Wildman–Crippen MR) is 106 cm³/mol. The second-order valence-corrected chi connectivity index (χ2v) is 7.14. The number of thiazole rings is 1. The van der Waals surface area contributed by atoms with Crippen LogP contribution in [0, 0.1) is 0 Å². The fraction of sp³-hybridized carbons (Fsp3) is 0.526. The van der Waals surface area contributed by atoms with Crippen LogP contribution < -0.4 is 10.1 Å². The van der Waals surface area contributed by atoms with Gasteiger partial charge < -0.3 is 15.0 Å². The summed E-state index contributed by atoms with van der Waals surface area (Å²) in [6.07, 6.45) is 3.16. The lowest BCUT2D eigenvalue weighted by atomic mass is 10.2. The molecule has 1 N–H and O–H groups in total. The van der Waals surface area contributed by atoms with E-state index in [1.165, 1.54) is 11.3 Å². The Morgan fingerprint density at radius 2 is 1.92 bits per heavy atom. The number of carbonyl (C=O) groups excluding carboxylic acids is 2. The molecule has 0 aliphatic carbocycles. The van der Waals surface area contributed by atoms with Crippen molar-refractivity contribution < 1.29 is 14.3 Å². The average molecular weight is 378 g/mol. The third kappa shape index (κ3) is 5.42. The van der Waals surface area contributed by atoms with Crippen molar-refractivity contribution in [3.8, 4) is 5.75 Å². The highest BCUT2D eigenvalue weighted by atomic mass is 32.1. The van der Waals surface area contributed by atoms with Gasteiger partial charge >= 0.3 is 0 Å². The summed E-state index contributed by atoms with van der Waals surface area (Å²) in [6, 6.07) is 5.69. The second kappa shape index (κ2) is 10.1. The third-order valence-electron chi connectivity index (χ3n) is 3.98. The molecular formula is C19H27N3O3S. The highest BCUT2D eigenvalue weighted by molar-refractivity contribution is 7.22. The van der Waals surface area contributed by atoms with Gasteiger partial charge in [0.25, 0.3) is 0 Å². The Hall–Kier alpha value is -2.15. The van der Waals surface area contributed by atoms with Crippen molar-refractivity contribution in [3.63, 3.8) is 0 Å². The summed E-state index contributed by atoms with van der Waals surface area (Å²) in [5.74, 6) is 0.705. The number of ether oxygens (including phenoxy) is 1. The monoisotopic (exact) mass is 377 g/mol. The van der Waals surface area contributed by atoms with Gasteiger partial charge in [-0.05, 0) is 31.4 Å². The molecular weight excluding hydrogens is 350 g/mol. The van der Waals surface area contributed by atoms with Crippen LogP contribution in [-0.2, 0) is 9.59 Å². The highest BCUT2D eigenvalue weighted by Crippen LogP contribution is 2.32. The normalized spacial score (nSPS) is 10.7. The number of nitrogens with one attached hydrogen (secondary N) is 1. The number of fused-ring (bicyclic) bond motifs is 1. The van der Waals surface area contributed by atoms with Crippen LogP contribution in [0.15, 0.2) is 18.2 Å². The van der Waals surface area contributed by atoms with Crippen LogP contribution in [0.2, 0.25) is 0 Å². The predicted octanol–water partition coefficient (Wildman–Crippen LogP) is 4.06. The van der Waals surface area contributed by atoms with E-state index < -0.39 is 0 Å². The van der Waals surface area contributed by atoms with Gasteiger partial charge in [-0.1, -0.05) is 31.3 Å². The van der Waals surface area contributed by atoms with Crippen molar-refractivity contribution in [1.82, 2.24) is 9.88 Å². The van der Waals surface area contributed by atoms with E-state index in [2.05, 4.69) is 24.1 Å². The molecule has 2 amide bonds. The van der Waals surface area contributed by atoms with Crippen LogP contribution in [0.5, 0.6) is 5.75 Å². The number of hydrogen-bond acceptors (Lipinski definition) is 5. The van der Waals surface area contributed by atoms with E-state index in [1.807, 2.05) is 23.1 Å². The van der Waals surface area contributed by atoms with Crippen molar-refractivity contribution in [2.24, 2.45) is 0 Å². The van der Waals surface area contributed by atoms with Gasteiger partial charge in [0.2, 0.25) is 11.8 Å². The maximum absolute atomic E-state index is 12.2. The third-order valence-corrected chi connectivity index (χ3v) is 4.92. The van der Waals surface area contributed by atoms with E-state index in [4.69, 9.17) is 4.74 Å². The first-order valence-corrected chi connectivity index (χ1v) is 9.91. The Morgan fingerprint density at radius 3 is 2.58 bits per heavy atom. The molecule has 0 atom stereocenters. The molecule has 7 heteroatoms. The van der Waals surface area contributed by atoms with E-state index in [-0.39, 0.29) is 11.8 Å². The standard InChI is InChI=1S/C19H27N3O3S/c1-4-12-22(13-5-2)17(24)11-7-10-16(23)20-19-21-18-14(25-3)8-6-9-15(18)26-19/h6,8-9H,4-5,7,10-13H2,1-3H3,(H,20,21,23). The molecule has 1 aromatic carbocycles. The first-order chi connectivity index (χ1) is 12.6. The number of amides is 2. The molecule has 0 bridgehead atoms. The van der Waals surface area contributed by atoms with Crippen molar-refractivity contribution >= 4 is 38.5 Å². The Kier molecular flexibility index (Phi) is 7.84. The lowest BCUT2D eigenvalue weighted by molar-refractivity contribution is -0.131. The van der Waals surface area contributed by atoms with Gasteiger partial charge in [-0.2, -0.15) is 0 Å². The number of anilines is 1. The maximum Gasteiger partial charge on any atom is 0.226 e. The Bertz CT molecular complexity index is 739. The summed E-state index contributed by atoms with van der Waals surface area (Å²) in [5, 5.41) is 3.38. The quantitative estimate of drug-likeness (QED) is 0.678. The van der Waals surface area contributed by atoms with Crippen LogP contribution in [0.25, 0.3) is 10.2 Å². The van der Waals surface area contributed by atoms with Gasteiger partial charge in [-0.15, -0.1) is 0 Å². The van der Waals surface area contributed by atoms with Crippen LogP contribution >= 0.6 is 11.3 Å². The van der Waals surface area contributed by atoms with Crippen molar-refractivity contribution in [2.75, 3.05) is 25.5 Å². The number of benzene rings is 1. The van der Waals surface area contributed by atoms with Gasteiger partial charge in [-0.25, -0.2) is 4.98 Å². The summed E-state index contributed by atoms with van der Waals surface area (Å²) in [5.41, 5.74) is 0.750. The number of carbonyl (C=O) groups is 2. The molecule has 26 heavy (non-hydrogen) atoms. The summed E-state index contributed by atoms with van der Waals surface area (Å²) in [4.78, 5) is 30.7. The minimum Gasteiger partial charge on any atom is -0.494 e. The summed E-state index contributed by atoms with van der Waals surface area (Å²) in [6.45, 7) is 5.70. The van der Waals surface area contributed by atoms with Crippen LogP contribution in [0.3, 0.4) is 0 Å². The van der Waals surface area contributed by atoms with Crippen molar-refractivity contribution in [3.05, 3.63) is 18.2 Å². The first kappa shape index (κ1) is 20.2. The van der Waals surface area contributed by atoms with Gasteiger partial charge in [-0.3, -0.25) is 9.59 Å². The Labute approximate surface area is 158 Å². The summed E-state index contributed by atoms with van der Waals surface area (Å²) >= 11 is 1.41. The number of rotatable bonds is 10. The zero-order valence-corrected chi connectivity index (χ0v) is 16.5. The van der Waals surface area contributed by atoms with Gasteiger partial charge in [0.05, 0.1) is 11.8 Å². The highest BCUT2D eigenvalue weighted by Gasteiger charge is 2.14. The molecule has 1 aromatic heterocycles. The fourth-order valence-corrected chi connectivity index (χ4v) is 3.68. The molecule has 2 aromatic rings. The molecule has 0 fully saturated rings. The van der Waals surface area contributed by atoms with Gasteiger partial charge in [0, 0.05) is 25.9 Å². The molecule has 0 aliphatic rings. The zero-order valence-electron chi connectivity index (χ0n) is 15.7. The van der Waals surface area contributed by atoms with E-state index in [0.29, 0.717) is 30.1 Å². The van der Waals surface area contributed by atoms with Crippen LogP contribution in [-0.4, -0.2) is 41.9 Å². The molecule has 0 radical (unpaired) electrons. The molecule has 2 rings (SSSR count). The number of hydrogen-bond donors (Lipinski definition) is 1. The van der Waals surface area contributed by atoms with E-state index >= 15 is 0 Å². The first-order valence-electron chi connectivity index (χ1n) is 9.10. The van der Waals surface area contributed by atoms with E-state index in [9.17, 15) is 9.59 Å². The van der Waals surface area contributed by atoms with Crippen molar-refractivity contribution in [1.29, 1.82) is 0 Å². The molecule has 0 unspecified atom stereocenters. The number of para-hydroxylation sites is 1. The Balaban J connectivity index is 1.84. The van der Waals surface area contributed by atoms with Gasteiger partial charge in [0.1, 0.15) is 11.3 Å². The average Bonchev–Trinajstić information content (AvgIpc) is 3.03.